The number of hydrogen-bond donors (Lipinski definition) is 2. The van der Waals surface area contributed by atoms with Crippen molar-refractivity contribution in [2.75, 3.05) is 5.32 Å². The molecule has 108 valence electrons. The molecule has 6 nitrogen and oxygen atoms in total. The second-order valence-corrected chi connectivity index (χ2v) is 4.80. The molecular weight excluding hydrogens is 264 g/mol. The van der Waals surface area contributed by atoms with E-state index in [0.29, 0.717) is 5.57 Å². The Hall–Kier alpha value is -2.68. The minimum absolute atomic E-state index is 0.280. The van der Waals surface area contributed by atoms with Crippen LogP contribution in [0.15, 0.2) is 24.4 Å². The van der Waals surface area contributed by atoms with Crippen LogP contribution >= 0.6 is 0 Å². The second kappa shape index (κ2) is 7.20. The highest BCUT2D eigenvalue weighted by atomic mass is 15.5. The minimum Gasteiger partial charge on any atom is -0.360 e. The number of aromatic amines is 1. The van der Waals surface area contributed by atoms with Crippen LogP contribution in [-0.4, -0.2) is 20.6 Å². The molecule has 1 heterocycles. The van der Waals surface area contributed by atoms with E-state index in [1.165, 1.54) is 18.4 Å². The summed E-state index contributed by atoms with van der Waals surface area (Å²) < 4.78 is 0. The zero-order valence-corrected chi connectivity index (χ0v) is 12.2. The first-order valence-electron chi connectivity index (χ1n) is 6.94. The van der Waals surface area contributed by atoms with Gasteiger partial charge in [-0.2, -0.15) is 10.5 Å². The summed E-state index contributed by atoms with van der Waals surface area (Å²) in [7, 11) is 0. The molecule has 0 aliphatic heterocycles. The summed E-state index contributed by atoms with van der Waals surface area (Å²) in [5.41, 5.74) is 3.78. The molecule has 1 aromatic heterocycles. The molecule has 2 aromatic rings. The van der Waals surface area contributed by atoms with Gasteiger partial charge in [-0.3, -0.25) is 0 Å². The van der Waals surface area contributed by atoms with Crippen molar-refractivity contribution in [1.29, 1.82) is 5.26 Å². The Balaban J connectivity index is 2.11. The van der Waals surface area contributed by atoms with Crippen LogP contribution in [0.5, 0.6) is 0 Å². The fourth-order valence-electron chi connectivity index (χ4n) is 2.00. The van der Waals surface area contributed by atoms with Crippen LogP contribution in [0.3, 0.4) is 0 Å². The number of hydrogen-bond acceptors (Lipinski definition) is 5. The van der Waals surface area contributed by atoms with Crippen molar-refractivity contribution in [3.8, 4) is 6.07 Å². The van der Waals surface area contributed by atoms with Crippen molar-refractivity contribution in [2.45, 2.75) is 33.1 Å². The van der Waals surface area contributed by atoms with Crippen LogP contribution in [0.25, 0.3) is 5.57 Å². The summed E-state index contributed by atoms with van der Waals surface area (Å²) in [6.07, 6.45) is 5.08. The maximum Gasteiger partial charge on any atom is 0.216 e. The van der Waals surface area contributed by atoms with Crippen molar-refractivity contribution < 1.29 is 0 Å². The van der Waals surface area contributed by atoms with Crippen LogP contribution in [0.2, 0.25) is 0 Å². The predicted octanol–water partition coefficient (Wildman–Crippen LogP) is 2.83. The number of H-pyrrole nitrogens is 1. The quantitative estimate of drug-likeness (QED) is 0.795. The van der Waals surface area contributed by atoms with E-state index in [-0.39, 0.29) is 5.82 Å². The Morgan fingerprint density at radius 1 is 1.48 bits per heavy atom. The Morgan fingerprint density at radius 3 is 2.95 bits per heavy atom. The van der Waals surface area contributed by atoms with Gasteiger partial charge >= 0.3 is 0 Å². The maximum absolute atomic E-state index is 9.11. The second-order valence-electron chi connectivity index (χ2n) is 4.80. The number of anilines is 1. The average Bonchev–Trinajstić information content (AvgIpc) is 3.01. The normalized spacial score (nSPS) is 11.2. The van der Waals surface area contributed by atoms with E-state index in [4.69, 9.17) is 5.26 Å². The lowest BCUT2D eigenvalue weighted by molar-refractivity contribution is 0.794. The van der Waals surface area contributed by atoms with E-state index in [1.54, 1.807) is 6.20 Å². The van der Waals surface area contributed by atoms with E-state index in [2.05, 4.69) is 45.0 Å². The van der Waals surface area contributed by atoms with E-state index in [9.17, 15) is 0 Å². The lowest BCUT2D eigenvalue weighted by Gasteiger charge is -2.08. The molecule has 0 aliphatic carbocycles. The third kappa shape index (κ3) is 3.89. The molecule has 1 aromatic carbocycles. The summed E-state index contributed by atoms with van der Waals surface area (Å²) >= 11 is 0. The van der Waals surface area contributed by atoms with Gasteiger partial charge in [-0.1, -0.05) is 25.5 Å². The number of nitrogens with zero attached hydrogens (tertiary/aromatic N) is 4. The SMILES string of the molecule is CCCCc1ccc(NC=C(C#N)c2nn[nH]n2)c(C)c1. The topological polar surface area (TPSA) is 90.3 Å². The highest BCUT2D eigenvalue weighted by molar-refractivity contribution is 5.74. The molecule has 0 unspecified atom stereocenters. The first-order chi connectivity index (χ1) is 10.2. The van der Waals surface area contributed by atoms with Gasteiger partial charge in [0.25, 0.3) is 0 Å². The first kappa shape index (κ1) is 14.7. The number of tetrazole rings is 1. The summed E-state index contributed by atoms with van der Waals surface area (Å²) in [5.74, 6) is 0.280. The van der Waals surface area contributed by atoms with Gasteiger partial charge in [0.2, 0.25) is 5.82 Å². The average molecular weight is 282 g/mol. The van der Waals surface area contributed by atoms with E-state index in [1.807, 2.05) is 19.1 Å². The van der Waals surface area contributed by atoms with Crippen LogP contribution in [0.1, 0.15) is 36.7 Å². The molecule has 0 spiro atoms. The molecule has 0 aliphatic rings. The molecule has 6 heteroatoms. The number of nitrogens with one attached hydrogen (secondary N) is 2. The van der Waals surface area contributed by atoms with Crippen molar-refractivity contribution >= 4 is 11.3 Å². The zero-order valence-electron chi connectivity index (χ0n) is 12.2. The fourth-order valence-corrected chi connectivity index (χ4v) is 2.00. The predicted molar refractivity (Wildman–Crippen MR) is 81.2 cm³/mol. The standard InChI is InChI=1S/C15H18N6/c1-3-4-5-12-6-7-14(11(2)8-12)17-10-13(9-16)15-18-20-21-19-15/h6-8,10,17H,3-5H2,1-2H3,(H,18,19,20,21). The molecule has 2 rings (SSSR count). The maximum atomic E-state index is 9.11. The van der Waals surface area contributed by atoms with Gasteiger partial charge in [0.15, 0.2) is 0 Å². The van der Waals surface area contributed by atoms with Crippen molar-refractivity contribution in [3.63, 3.8) is 0 Å². The smallest absolute Gasteiger partial charge is 0.216 e. The molecule has 0 fully saturated rings. The molecular formula is C15H18N6. The van der Waals surface area contributed by atoms with Gasteiger partial charge in [0.05, 0.1) is 0 Å². The van der Waals surface area contributed by atoms with Gasteiger partial charge < -0.3 is 5.32 Å². The zero-order chi connectivity index (χ0) is 15.1. The minimum atomic E-state index is 0.280. The van der Waals surface area contributed by atoms with E-state index < -0.39 is 0 Å². The lowest BCUT2D eigenvalue weighted by atomic mass is 10.0. The van der Waals surface area contributed by atoms with Gasteiger partial charge in [0, 0.05) is 11.9 Å². The van der Waals surface area contributed by atoms with E-state index in [0.717, 1.165) is 17.7 Å². The van der Waals surface area contributed by atoms with Gasteiger partial charge in [-0.25, -0.2) is 0 Å². The largest absolute Gasteiger partial charge is 0.360 e. The Labute approximate surface area is 123 Å². The fraction of sp³-hybridized carbons (Fsp3) is 0.333. The first-order valence-corrected chi connectivity index (χ1v) is 6.94. The molecule has 0 bridgehead atoms. The highest BCUT2D eigenvalue weighted by Gasteiger charge is 2.06. The van der Waals surface area contributed by atoms with Gasteiger partial charge in [-0.15, -0.1) is 10.2 Å². The number of unbranched alkanes of at least 4 members (excludes halogenated alkanes) is 1. The molecule has 0 atom stereocenters. The number of allylic oxidation sites excluding steroid dienone is 1. The van der Waals surface area contributed by atoms with Crippen molar-refractivity contribution in [2.24, 2.45) is 0 Å². The Morgan fingerprint density at radius 2 is 2.33 bits per heavy atom. The molecule has 2 N–H and O–H groups in total. The van der Waals surface area contributed by atoms with E-state index >= 15 is 0 Å². The van der Waals surface area contributed by atoms with Crippen LogP contribution in [0.4, 0.5) is 5.69 Å². The van der Waals surface area contributed by atoms with Crippen molar-refractivity contribution in [3.05, 3.63) is 41.4 Å². The third-order valence-corrected chi connectivity index (χ3v) is 3.19. The molecule has 0 radical (unpaired) electrons. The van der Waals surface area contributed by atoms with Crippen LogP contribution in [-0.2, 0) is 6.42 Å². The van der Waals surface area contributed by atoms with Crippen LogP contribution in [0, 0.1) is 18.3 Å². The molecule has 0 amide bonds. The number of rotatable bonds is 6. The Bertz CT molecular complexity index is 651. The monoisotopic (exact) mass is 282 g/mol. The lowest BCUT2D eigenvalue weighted by Crippen LogP contribution is -1.96. The Kier molecular flexibility index (Phi) is 5.04. The third-order valence-electron chi connectivity index (χ3n) is 3.19. The number of nitriles is 1. The molecule has 0 saturated heterocycles. The molecule has 0 saturated carbocycles. The summed E-state index contributed by atoms with van der Waals surface area (Å²) in [5, 5.41) is 25.6. The summed E-state index contributed by atoms with van der Waals surface area (Å²) in [6, 6.07) is 8.36. The molecule has 21 heavy (non-hydrogen) atoms. The van der Waals surface area contributed by atoms with Gasteiger partial charge in [-0.05, 0) is 42.2 Å². The summed E-state index contributed by atoms with van der Waals surface area (Å²) in [4.78, 5) is 0. The highest BCUT2D eigenvalue weighted by Crippen LogP contribution is 2.19. The number of benzene rings is 1. The van der Waals surface area contributed by atoms with Crippen molar-refractivity contribution in [1.82, 2.24) is 20.6 Å². The summed E-state index contributed by atoms with van der Waals surface area (Å²) in [6.45, 7) is 4.24. The number of aryl methyl sites for hydroxylation is 2. The van der Waals surface area contributed by atoms with Crippen LogP contribution < -0.4 is 5.32 Å². The number of aromatic nitrogens is 4. The van der Waals surface area contributed by atoms with Gasteiger partial charge in [0.1, 0.15) is 11.6 Å².